The monoisotopic (exact) mass is 1650 g/mol. The Morgan fingerprint density at radius 1 is 0.611 bits per heavy atom. The number of aromatic nitrogens is 4. The second-order valence-electron chi connectivity index (χ2n) is 22.8. The summed E-state index contributed by atoms with van der Waals surface area (Å²) in [6.45, 7) is 14.6. The minimum Gasteiger partial charge on any atom is -1.00 e. The van der Waals surface area contributed by atoms with Gasteiger partial charge in [-0.15, -0.1) is 23.4 Å². The van der Waals surface area contributed by atoms with Crippen LogP contribution >= 0.6 is 36.0 Å². The van der Waals surface area contributed by atoms with Crippen LogP contribution in [-0.4, -0.2) is 164 Å². The number of thioether (sulfide) groups is 1. The maximum Gasteiger partial charge on any atom is 1.00 e. The van der Waals surface area contributed by atoms with Gasteiger partial charge in [0.1, 0.15) is 80.6 Å². The topological polar surface area (TPSA) is 511 Å². The van der Waals surface area contributed by atoms with Crippen molar-refractivity contribution in [2.75, 3.05) is 63.4 Å². The number of alkyl halides is 1. The van der Waals surface area contributed by atoms with Crippen molar-refractivity contribution in [1.29, 1.82) is 15.8 Å². The molecule has 5 heterocycles. The Balaban J connectivity index is -0.000000400. The maximum atomic E-state index is 11.5. The number of nitrogens with two attached hydrogens (primary N) is 3. The molecular formula is C70H84ClK4N13O18S2. The number of carbonyl (C=O) groups excluding carboxylic acids is 4. The fraction of sp³-hybridized carbons (Fsp3) is 0.343. The molecule has 1 aliphatic rings. The zero-order valence-corrected chi connectivity index (χ0v) is 76.7. The summed E-state index contributed by atoms with van der Waals surface area (Å²) in [7, 11) is 0. The van der Waals surface area contributed by atoms with E-state index in [1.54, 1.807) is 42.5 Å². The largest absolute Gasteiger partial charge is 1.00 e. The van der Waals surface area contributed by atoms with E-state index in [2.05, 4.69) is 58.0 Å². The molecule has 9 rings (SSSR count). The van der Waals surface area contributed by atoms with Gasteiger partial charge in [-0.25, -0.2) is 34.3 Å². The van der Waals surface area contributed by atoms with Crippen LogP contribution in [0.2, 0.25) is 0 Å². The number of aliphatic carboxylic acids is 2. The van der Waals surface area contributed by atoms with E-state index in [0.29, 0.717) is 91.9 Å². The van der Waals surface area contributed by atoms with E-state index >= 15 is 0 Å². The number of carboxylic acid groups (broad SMARTS) is 2. The molecule has 0 saturated carbocycles. The summed E-state index contributed by atoms with van der Waals surface area (Å²) in [5.41, 5.74) is 19.9. The Morgan fingerprint density at radius 3 is 1.30 bits per heavy atom. The Kier molecular flexibility index (Phi) is 62.0. The molecule has 0 spiro atoms. The van der Waals surface area contributed by atoms with Crippen molar-refractivity contribution >= 4 is 122 Å². The number of fused-ring (bicyclic) bond motifs is 4. The number of carbonyl (C=O) groups is 6. The third-order valence-corrected chi connectivity index (χ3v) is 13.9. The normalized spacial score (nSPS) is 11.4. The molecule has 0 fully saturated rings. The zero-order valence-electron chi connectivity index (χ0n) is 63.8. The van der Waals surface area contributed by atoms with Gasteiger partial charge in [-0.1, -0.05) is 6.07 Å². The number of hydrogen-bond acceptors (Lipinski definition) is 29. The fourth-order valence-electron chi connectivity index (χ4n) is 7.60. The van der Waals surface area contributed by atoms with Crippen LogP contribution in [0.25, 0.3) is 43.6 Å². The number of thiol groups is 1. The van der Waals surface area contributed by atoms with Crippen molar-refractivity contribution < 1.29 is 296 Å². The number of aromatic hydroxyl groups is 1. The van der Waals surface area contributed by atoms with Gasteiger partial charge in [-0.3, -0.25) is 19.4 Å². The van der Waals surface area contributed by atoms with E-state index in [0.717, 1.165) is 80.1 Å². The average molecular weight is 1650 g/mol. The van der Waals surface area contributed by atoms with Crippen LogP contribution in [0, 0.1) is 34.0 Å². The summed E-state index contributed by atoms with van der Waals surface area (Å²) in [4.78, 5) is 86.9. The van der Waals surface area contributed by atoms with Crippen molar-refractivity contribution in [2.24, 2.45) is 22.2 Å². The molecule has 0 radical (unpaired) electrons. The number of alkyl carbamates (subject to hydrolysis) is 2. The molecule has 38 heteroatoms. The van der Waals surface area contributed by atoms with Crippen LogP contribution in [-0.2, 0) is 38.4 Å². The number of nitrogens with one attached hydrogen (secondary N) is 2. The maximum absolute atomic E-state index is 11.5. The molecule has 1 aliphatic heterocycles. The van der Waals surface area contributed by atoms with E-state index in [-0.39, 0.29) is 239 Å². The predicted octanol–water partition coefficient (Wildman–Crippen LogP) is -4.47. The molecule has 0 bridgehead atoms. The Bertz CT molecular complexity index is 4220. The first-order valence-corrected chi connectivity index (χ1v) is 33.6. The molecule has 31 nitrogen and oxygen atoms in total. The van der Waals surface area contributed by atoms with Gasteiger partial charge in [-0.05, 0) is 196 Å². The fourth-order valence-corrected chi connectivity index (χ4v) is 8.89. The van der Waals surface area contributed by atoms with Gasteiger partial charge in [0, 0.05) is 52.0 Å². The van der Waals surface area contributed by atoms with Crippen LogP contribution in [0.5, 0.6) is 23.0 Å². The minimum absolute atomic E-state index is 0. The number of aliphatic imine (C=N–C) groups is 1. The number of nitriles is 3. The quantitative estimate of drug-likeness (QED) is 0.00588. The molecule has 4 aromatic heterocycles. The zero-order chi connectivity index (χ0) is 77.5. The van der Waals surface area contributed by atoms with E-state index in [1.807, 2.05) is 139 Å². The van der Waals surface area contributed by atoms with Crippen LogP contribution in [0.3, 0.4) is 0 Å². The van der Waals surface area contributed by atoms with Crippen molar-refractivity contribution in [2.45, 2.75) is 90.5 Å². The minimum atomic E-state index is -1.00. The SMILES string of the molecule is CC(C)(C)OC(=O)NCCCCl.CC(C)(C)OC(=O)NCCCOc1ccc2nc(C#N)ccc2c1.N#Cc1ccc2cc(O)ccc2n1.N#Cc1ccc2cc(OCCCN)ccc2n1.NCCCOc1ccc2nc(C3=N[C@@H](C(=O)O)CS3)ccc2c1.N[C@H](CS)C(=O)O.O=CO[O-].O=CO[O-].[H-].[H-].[K+].[K+].[K+].[K+]. The molecule has 4 aromatic carbocycles. The van der Waals surface area contributed by atoms with E-state index in [4.69, 9.17) is 104 Å². The Morgan fingerprint density at radius 2 is 0.972 bits per heavy atom. The Labute approximate surface area is 813 Å². The number of pyridine rings is 4. The summed E-state index contributed by atoms with van der Waals surface area (Å²) in [5.74, 6) is 1.83. The predicted molar refractivity (Wildman–Crippen MR) is 391 cm³/mol. The van der Waals surface area contributed by atoms with Gasteiger partial charge in [0.15, 0.2) is 6.04 Å². The van der Waals surface area contributed by atoms with Crippen LogP contribution in [0.15, 0.2) is 126 Å². The van der Waals surface area contributed by atoms with E-state index in [1.165, 1.54) is 11.8 Å². The van der Waals surface area contributed by atoms with Crippen molar-refractivity contribution in [3.8, 4) is 41.2 Å². The molecular weight excluding hydrogens is 1570 g/mol. The first-order chi connectivity index (χ1) is 49.6. The number of hydrogen-bond donors (Lipinski definition) is 9. The average Bonchev–Trinajstić information content (AvgIpc) is 1.43. The second kappa shape index (κ2) is 62.1. The summed E-state index contributed by atoms with van der Waals surface area (Å²) < 4.78 is 27.0. The summed E-state index contributed by atoms with van der Waals surface area (Å²) in [6, 6.07) is 40.5. The third-order valence-electron chi connectivity index (χ3n) is 12.2. The number of phenols is 1. The summed E-state index contributed by atoms with van der Waals surface area (Å²) >= 11 is 10.5. The second-order valence-corrected chi connectivity index (χ2v) is 24.5. The summed E-state index contributed by atoms with van der Waals surface area (Å²) in [6.07, 6.45) is 2.28. The third kappa shape index (κ3) is 47.2. The van der Waals surface area contributed by atoms with Gasteiger partial charge < -0.3 is 90.0 Å². The van der Waals surface area contributed by atoms with E-state index in [9.17, 15) is 19.2 Å². The molecule has 2 atom stereocenters. The van der Waals surface area contributed by atoms with Crippen LogP contribution in [0.4, 0.5) is 9.59 Å². The van der Waals surface area contributed by atoms with Crippen molar-refractivity contribution in [1.82, 2.24) is 30.6 Å². The number of benzene rings is 4. The smallest absolute Gasteiger partial charge is 1.00 e. The molecule has 108 heavy (non-hydrogen) atoms. The number of carboxylic acids is 2. The number of halogens is 1. The molecule has 8 aromatic rings. The number of phenolic OH excluding ortho intramolecular Hbond substituents is 1. The number of rotatable bonds is 22. The summed E-state index contributed by atoms with van der Waals surface area (Å²) in [5, 5.41) is 78.9. The first kappa shape index (κ1) is 108. The van der Waals surface area contributed by atoms with E-state index < -0.39 is 41.3 Å². The first-order valence-electron chi connectivity index (χ1n) is 31.4. The number of ether oxygens (including phenoxy) is 5. The van der Waals surface area contributed by atoms with Gasteiger partial charge in [0.2, 0.25) is 0 Å². The van der Waals surface area contributed by atoms with Gasteiger partial charge in [0.05, 0.1) is 47.6 Å². The van der Waals surface area contributed by atoms with Crippen molar-refractivity contribution in [3.05, 3.63) is 144 Å². The van der Waals surface area contributed by atoms with Crippen LogP contribution in [0.1, 0.15) is 92.9 Å². The molecule has 11 N–H and O–H groups in total. The number of nitrogens with zero attached hydrogens (tertiary/aromatic N) is 8. The van der Waals surface area contributed by atoms with Crippen LogP contribution < -0.4 is 258 Å². The van der Waals surface area contributed by atoms with Gasteiger partial charge >= 0.3 is 230 Å². The molecule has 0 aliphatic carbocycles. The standard InChI is InChI=1S/C18H21N3O3.C16H17N3O3S.C13H13N3O.C10H6N2O.C8H16ClNO2.C3H7NO2S.2CH2O3.4K.2H/c1-18(2,3)24-17(22)20-9-4-10-23-15-7-8-16-13(11-15)5-6-14(12-19)21-16;17-6-1-7-22-11-3-5-12-10(8-11)2-4-13(18-12)15-19-14(9-23-15)16(20)21;14-6-1-7-17-12-4-5-13-10(8-12)2-3-11(9-15)16-13;11-6-8-2-1-7-5-9(13)3-4-10(7)12-8;1-8(2,3)12-7(11)10-6-4-5-9;4-2(1-7)3(5)6;2*2-1-4-3;;;;;;/h5-8,11H,4,9-10H2,1-3H3,(H,20,22);2-5,8,14H,1,6-7,9,17H2,(H,20,21);2-5,8H,1,6-7,14H2;1-5,13H;4-6H2,1-3H3,(H,10,11);2,7H,1,4H2,(H,5,6);2*1,3H;;;;;;/q;;;;;;;;4*+1;2*-1/p-2/t;14-;;;;2-;;;;;;;;/m.1...1......../s1. The van der Waals surface area contributed by atoms with Gasteiger partial charge in [-0.2, -0.15) is 28.4 Å². The molecule has 2 amide bonds. The molecule has 560 valence electrons. The van der Waals surface area contributed by atoms with Crippen molar-refractivity contribution in [3.63, 3.8) is 0 Å². The Hall–Kier alpha value is -4.38. The number of amides is 2. The molecule has 0 saturated heterocycles. The van der Waals surface area contributed by atoms with Gasteiger partial charge in [0.25, 0.3) is 12.9 Å². The molecule has 0 unspecified atom stereocenters.